The zero-order chi connectivity index (χ0) is 32.2. The van der Waals surface area contributed by atoms with Crippen molar-refractivity contribution in [1.82, 2.24) is 0 Å². The highest BCUT2D eigenvalue weighted by atomic mass is 35.5. The first kappa shape index (κ1) is 36.9. The molecule has 0 aromatic carbocycles. The summed E-state index contributed by atoms with van der Waals surface area (Å²) in [4.78, 5) is 23.2. The molecule has 2 aliphatic rings. The van der Waals surface area contributed by atoms with E-state index in [2.05, 4.69) is 0 Å². The second-order valence-corrected chi connectivity index (χ2v) is 12.0. The number of carbonyl (C=O) groups is 2. The number of carbonyl (C=O) groups excluding carboxylic acids is 1. The van der Waals surface area contributed by atoms with Gasteiger partial charge in [-0.2, -0.15) is 0 Å². The fourth-order valence-corrected chi connectivity index (χ4v) is 5.26. The van der Waals surface area contributed by atoms with Gasteiger partial charge in [-0.25, -0.2) is 4.79 Å². The first-order valence-electron chi connectivity index (χ1n) is 14.5. The van der Waals surface area contributed by atoms with E-state index in [4.69, 9.17) is 37.8 Å². The second kappa shape index (κ2) is 17.9. The van der Waals surface area contributed by atoms with Crippen molar-refractivity contribution >= 4 is 35.1 Å². The third-order valence-corrected chi connectivity index (χ3v) is 8.48. The number of hydrogen-bond acceptors (Lipinski definition) is 8. The van der Waals surface area contributed by atoms with Crippen LogP contribution in [-0.2, 0) is 19.1 Å². The summed E-state index contributed by atoms with van der Waals surface area (Å²) < 4.78 is 11.0. The summed E-state index contributed by atoms with van der Waals surface area (Å²) in [6.07, 6.45) is 13.3. The summed E-state index contributed by atoms with van der Waals surface area (Å²) in [5.41, 5.74) is 0.860. The van der Waals surface area contributed by atoms with Crippen LogP contribution >= 0.6 is 23.2 Å². The molecule has 9 atom stereocenters. The van der Waals surface area contributed by atoms with Gasteiger partial charge in [0.05, 0.1) is 35.7 Å². The van der Waals surface area contributed by atoms with Crippen molar-refractivity contribution in [3.05, 3.63) is 71.4 Å². The van der Waals surface area contributed by atoms with Crippen molar-refractivity contribution in [2.45, 2.75) is 101 Å². The molecular weight excluding hydrogens is 599 g/mol. The second-order valence-electron chi connectivity index (χ2n) is 11.1. The quantitative estimate of drug-likeness (QED) is 0.0633. The maximum absolute atomic E-state index is 12.1. The van der Waals surface area contributed by atoms with Gasteiger partial charge in [-0.3, -0.25) is 4.79 Å². The molecular formula is C32H44Cl2O9. The van der Waals surface area contributed by atoms with Gasteiger partial charge in [-0.1, -0.05) is 79.6 Å². The zero-order valence-corrected chi connectivity index (χ0v) is 26.3. The number of allylic oxidation sites excluding steroid dienone is 9. The number of aliphatic carboxylic acids is 1. The van der Waals surface area contributed by atoms with Crippen LogP contribution in [0.5, 0.6) is 0 Å². The van der Waals surface area contributed by atoms with Crippen LogP contribution in [0.2, 0.25) is 0 Å². The molecule has 0 amide bonds. The minimum atomic E-state index is -1.76. The first-order chi connectivity index (χ1) is 20.3. The molecule has 1 saturated carbocycles. The van der Waals surface area contributed by atoms with Gasteiger partial charge in [-0.05, 0) is 32.3 Å². The van der Waals surface area contributed by atoms with Crippen LogP contribution in [-0.4, -0.2) is 79.2 Å². The van der Waals surface area contributed by atoms with Crippen molar-refractivity contribution in [3.63, 3.8) is 0 Å². The molecule has 9 nitrogen and oxygen atoms in total. The summed E-state index contributed by atoms with van der Waals surface area (Å²) in [7, 11) is 0. The highest BCUT2D eigenvalue weighted by Crippen LogP contribution is 2.36. The molecule has 0 aromatic heterocycles. The summed E-state index contributed by atoms with van der Waals surface area (Å²) in [6.45, 7) is 5.52. The average molecular weight is 644 g/mol. The molecule has 0 bridgehead atoms. The molecule has 0 radical (unpaired) electrons. The lowest BCUT2D eigenvalue weighted by Gasteiger charge is -2.42. The zero-order valence-electron chi connectivity index (χ0n) is 24.8. The van der Waals surface area contributed by atoms with E-state index >= 15 is 0 Å². The highest BCUT2D eigenvalue weighted by Gasteiger charge is 2.45. The Bertz CT molecular complexity index is 1110. The van der Waals surface area contributed by atoms with Crippen LogP contribution in [0, 0.1) is 11.8 Å². The smallest absolute Gasteiger partial charge is 0.331 e. The molecule has 1 heterocycles. The molecule has 2 rings (SSSR count). The van der Waals surface area contributed by atoms with Gasteiger partial charge in [0.25, 0.3) is 0 Å². The monoisotopic (exact) mass is 642 g/mol. The number of carboxylic acid groups (broad SMARTS) is 1. The van der Waals surface area contributed by atoms with Gasteiger partial charge in [0.2, 0.25) is 0 Å². The lowest BCUT2D eigenvalue weighted by molar-refractivity contribution is -0.272. The predicted molar refractivity (Wildman–Crippen MR) is 165 cm³/mol. The van der Waals surface area contributed by atoms with Crippen LogP contribution in [0.4, 0.5) is 0 Å². The van der Waals surface area contributed by atoms with Crippen molar-refractivity contribution in [2.75, 3.05) is 0 Å². The number of hydrogen-bond donors (Lipinski definition) is 5. The molecule has 5 N–H and O–H groups in total. The minimum absolute atomic E-state index is 0.0867. The van der Waals surface area contributed by atoms with Crippen LogP contribution in [0.15, 0.2) is 71.4 Å². The lowest BCUT2D eigenvalue weighted by atomic mass is 9.85. The number of esters is 1. The van der Waals surface area contributed by atoms with Gasteiger partial charge in [-0.15, -0.1) is 11.6 Å². The predicted octanol–water partition coefficient (Wildman–Crippen LogP) is 4.68. The number of ether oxygens (including phenoxy) is 2. The van der Waals surface area contributed by atoms with E-state index in [0.29, 0.717) is 11.5 Å². The SMILES string of the molecule is CC/C=C/C1OC(O)(C[C@H](O)C(C)/C(Cl)=C/C=C/C=C(C)/C=C/C=C/C(=O)O[C@@H]2C[C@@H](C(=O)O)CC[C@@H]2O)CC(O)C1Cl. The van der Waals surface area contributed by atoms with E-state index in [-0.39, 0.29) is 25.7 Å². The Morgan fingerprint density at radius 2 is 1.77 bits per heavy atom. The fraction of sp³-hybridized carbons (Fsp3) is 0.562. The summed E-state index contributed by atoms with van der Waals surface area (Å²) in [6, 6.07) is 0. The van der Waals surface area contributed by atoms with Crippen LogP contribution in [0.3, 0.4) is 0 Å². The third-order valence-electron chi connectivity index (χ3n) is 7.47. The Labute approximate surface area is 263 Å². The summed E-state index contributed by atoms with van der Waals surface area (Å²) in [5.74, 6) is -4.53. The van der Waals surface area contributed by atoms with E-state index in [9.17, 15) is 30.0 Å². The van der Waals surface area contributed by atoms with E-state index < -0.39 is 65.5 Å². The molecule has 5 unspecified atom stereocenters. The molecule has 11 heteroatoms. The van der Waals surface area contributed by atoms with Crippen LogP contribution < -0.4 is 0 Å². The van der Waals surface area contributed by atoms with E-state index in [1.165, 1.54) is 12.2 Å². The highest BCUT2D eigenvalue weighted by molar-refractivity contribution is 6.30. The molecule has 240 valence electrons. The molecule has 1 aliphatic carbocycles. The van der Waals surface area contributed by atoms with Gasteiger partial charge < -0.3 is 35.0 Å². The Balaban J connectivity index is 1.86. The third kappa shape index (κ3) is 12.3. The standard InChI is InChI=1S/C32H44Cl2O9/c1-4-5-13-27-30(34)26(37)19-32(41,43-27)18-25(36)21(3)23(33)12-8-6-10-20(2)11-7-9-14-29(38)42-28-17-22(31(39)40)15-16-24(28)35/h5-14,21-22,24-28,30,35-37,41H,4,15-19H2,1-3H3,(H,39,40)/b8-6+,11-7+,13-5+,14-9+,20-10+,23-12-/t21?,22-,24-,25-,26?,27?,28+,30?,32?/m0/s1. The maximum atomic E-state index is 12.1. The first-order valence-corrected chi connectivity index (χ1v) is 15.3. The summed E-state index contributed by atoms with van der Waals surface area (Å²) >= 11 is 12.6. The van der Waals surface area contributed by atoms with E-state index in [0.717, 1.165) is 12.0 Å². The molecule has 1 saturated heterocycles. The number of aliphatic hydroxyl groups excluding tert-OH is 3. The van der Waals surface area contributed by atoms with Gasteiger partial charge in [0, 0.05) is 36.3 Å². The number of rotatable bonds is 13. The average Bonchev–Trinajstić information content (AvgIpc) is 2.94. The number of halogens is 2. The van der Waals surface area contributed by atoms with Crippen LogP contribution in [0.25, 0.3) is 0 Å². The topological polar surface area (TPSA) is 154 Å². The molecule has 1 aliphatic heterocycles. The Kier molecular flexibility index (Phi) is 15.4. The lowest BCUT2D eigenvalue weighted by Crippen LogP contribution is -2.53. The Morgan fingerprint density at radius 1 is 1.09 bits per heavy atom. The molecule has 2 fully saturated rings. The molecule has 0 spiro atoms. The molecule has 43 heavy (non-hydrogen) atoms. The maximum Gasteiger partial charge on any atom is 0.331 e. The van der Waals surface area contributed by atoms with E-state index in [1.54, 1.807) is 49.5 Å². The normalized spacial score (nSPS) is 32.6. The number of carboxylic acids is 1. The minimum Gasteiger partial charge on any atom is -0.481 e. The van der Waals surface area contributed by atoms with Gasteiger partial charge in [0.1, 0.15) is 6.10 Å². The molecule has 0 aromatic rings. The summed E-state index contributed by atoms with van der Waals surface area (Å²) in [5, 5.41) is 50.8. The Hall–Kier alpha value is -2.24. The van der Waals surface area contributed by atoms with Crippen LogP contribution in [0.1, 0.15) is 59.3 Å². The number of alkyl halides is 1. The van der Waals surface area contributed by atoms with E-state index in [1.807, 2.05) is 19.9 Å². The van der Waals surface area contributed by atoms with Crippen molar-refractivity contribution in [3.8, 4) is 0 Å². The largest absolute Gasteiger partial charge is 0.481 e. The van der Waals surface area contributed by atoms with Gasteiger partial charge >= 0.3 is 11.9 Å². The Morgan fingerprint density at radius 3 is 2.44 bits per heavy atom. The number of aliphatic hydroxyl groups is 4. The van der Waals surface area contributed by atoms with Crippen molar-refractivity contribution in [1.29, 1.82) is 0 Å². The van der Waals surface area contributed by atoms with Gasteiger partial charge in [0.15, 0.2) is 5.79 Å². The fourth-order valence-electron chi connectivity index (χ4n) is 4.82. The van der Waals surface area contributed by atoms with Crippen molar-refractivity contribution in [2.24, 2.45) is 11.8 Å². The van der Waals surface area contributed by atoms with Crippen molar-refractivity contribution < 1.29 is 44.6 Å².